The second-order valence-electron chi connectivity index (χ2n) is 4.62. The van der Waals surface area contributed by atoms with Gasteiger partial charge >= 0.3 is 0 Å². The van der Waals surface area contributed by atoms with Gasteiger partial charge in [-0.2, -0.15) is 0 Å². The van der Waals surface area contributed by atoms with E-state index in [0.717, 1.165) is 18.8 Å². The maximum Gasteiger partial charge on any atom is 0.231 e. The third kappa shape index (κ3) is 2.47. The number of anilines is 1. The lowest BCUT2D eigenvalue weighted by Crippen LogP contribution is -2.36. The molecular weight excluding hydrogens is 219 g/mol. The largest absolute Gasteiger partial charge is 0.316 e. The van der Waals surface area contributed by atoms with Crippen LogP contribution >= 0.6 is 0 Å². The highest BCUT2D eigenvalue weighted by atomic mass is 19.1. The predicted octanol–water partition coefficient (Wildman–Crippen LogP) is 1.64. The molecule has 2 atom stereocenters. The summed E-state index contributed by atoms with van der Waals surface area (Å²) in [7, 11) is 1.74. The maximum absolute atomic E-state index is 12.8. The van der Waals surface area contributed by atoms with Crippen molar-refractivity contribution in [3.63, 3.8) is 0 Å². The van der Waals surface area contributed by atoms with Crippen LogP contribution in [0.2, 0.25) is 0 Å². The summed E-state index contributed by atoms with van der Waals surface area (Å²) in [4.78, 5) is 13.8. The average Bonchev–Trinajstić information content (AvgIpc) is 2.74. The predicted molar refractivity (Wildman–Crippen MR) is 65.3 cm³/mol. The number of nitrogens with zero attached hydrogens (tertiary/aromatic N) is 1. The van der Waals surface area contributed by atoms with Crippen molar-refractivity contribution in [1.29, 1.82) is 0 Å². The van der Waals surface area contributed by atoms with Crippen LogP contribution in [0.4, 0.5) is 10.1 Å². The van der Waals surface area contributed by atoms with E-state index in [1.807, 2.05) is 0 Å². The van der Waals surface area contributed by atoms with E-state index in [0.29, 0.717) is 5.92 Å². The van der Waals surface area contributed by atoms with Crippen LogP contribution in [0, 0.1) is 17.7 Å². The summed E-state index contributed by atoms with van der Waals surface area (Å²) >= 11 is 0. The fourth-order valence-corrected chi connectivity index (χ4v) is 2.18. The van der Waals surface area contributed by atoms with Gasteiger partial charge in [-0.3, -0.25) is 4.79 Å². The van der Waals surface area contributed by atoms with Gasteiger partial charge in [-0.15, -0.1) is 0 Å². The number of hydrogen-bond acceptors (Lipinski definition) is 2. The monoisotopic (exact) mass is 236 g/mol. The Morgan fingerprint density at radius 1 is 1.35 bits per heavy atom. The Balaban J connectivity index is 2.11. The summed E-state index contributed by atoms with van der Waals surface area (Å²) in [6.45, 7) is 3.68. The number of carbonyl (C=O) groups is 1. The van der Waals surface area contributed by atoms with Crippen LogP contribution in [0.15, 0.2) is 24.3 Å². The van der Waals surface area contributed by atoms with Crippen molar-refractivity contribution in [2.75, 3.05) is 25.0 Å². The highest BCUT2D eigenvalue weighted by molar-refractivity contribution is 5.95. The van der Waals surface area contributed by atoms with E-state index >= 15 is 0 Å². The molecule has 1 heterocycles. The van der Waals surface area contributed by atoms with Crippen molar-refractivity contribution in [3.05, 3.63) is 30.1 Å². The fraction of sp³-hybridized carbons (Fsp3) is 0.462. The number of carbonyl (C=O) groups excluding carboxylic acids is 1. The van der Waals surface area contributed by atoms with E-state index in [-0.39, 0.29) is 17.6 Å². The lowest BCUT2D eigenvalue weighted by molar-refractivity contribution is -0.122. The fourth-order valence-electron chi connectivity index (χ4n) is 2.18. The molecule has 2 rings (SSSR count). The van der Waals surface area contributed by atoms with Gasteiger partial charge in [0.1, 0.15) is 5.82 Å². The Hall–Kier alpha value is -1.42. The summed E-state index contributed by atoms with van der Waals surface area (Å²) in [6.07, 6.45) is 0. The molecule has 1 aromatic rings. The Morgan fingerprint density at radius 3 is 2.53 bits per heavy atom. The molecule has 0 bridgehead atoms. The Kier molecular flexibility index (Phi) is 3.43. The maximum atomic E-state index is 12.8. The number of amides is 1. The molecule has 4 heteroatoms. The number of hydrogen-bond donors (Lipinski definition) is 1. The highest BCUT2D eigenvalue weighted by Crippen LogP contribution is 2.22. The molecule has 0 unspecified atom stereocenters. The van der Waals surface area contributed by atoms with E-state index in [1.165, 1.54) is 12.1 Å². The number of rotatable bonds is 2. The molecule has 3 nitrogen and oxygen atoms in total. The van der Waals surface area contributed by atoms with Crippen LogP contribution in [0.5, 0.6) is 0 Å². The topological polar surface area (TPSA) is 32.3 Å². The van der Waals surface area contributed by atoms with Gasteiger partial charge in [0.2, 0.25) is 5.91 Å². The average molecular weight is 236 g/mol. The lowest BCUT2D eigenvalue weighted by atomic mass is 9.96. The van der Waals surface area contributed by atoms with Gasteiger partial charge < -0.3 is 10.2 Å². The molecule has 17 heavy (non-hydrogen) atoms. The first-order valence-electron chi connectivity index (χ1n) is 5.83. The van der Waals surface area contributed by atoms with E-state index in [4.69, 9.17) is 0 Å². The standard InChI is InChI=1S/C13H17FN2O/c1-9-7-15-8-12(9)13(17)16(2)11-5-3-10(14)4-6-11/h3-6,9,12,15H,7-8H2,1-2H3/t9-,12-/m1/s1. The van der Waals surface area contributed by atoms with Crippen molar-refractivity contribution in [3.8, 4) is 0 Å². The van der Waals surface area contributed by atoms with Crippen molar-refractivity contribution < 1.29 is 9.18 Å². The van der Waals surface area contributed by atoms with Crippen LogP contribution in [0.3, 0.4) is 0 Å². The summed E-state index contributed by atoms with van der Waals surface area (Å²) < 4.78 is 12.8. The van der Waals surface area contributed by atoms with Gasteiger partial charge in [0.15, 0.2) is 0 Å². The summed E-state index contributed by atoms with van der Waals surface area (Å²) in [5, 5.41) is 3.21. The SMILES string of the molecule is C[C@@H]1CNC[C@H]1C(=O)N(C)c1ccc(F)cc1. The van der Waals surface area contributed by atoms with Crippen LogP contribution in [-0.2, 0) is 4.79 Å². The van der Waals surface area contributed by atoms with E-state index in [9.17, 15) is 9.18 Å². The first-order valence-corrected chi connectivity index (χ1v) is 5.83. The normalized spacial score (nSPS) is 23.7. The Labute approximate surface area is 101 Å². The summed E-state index contributed by atoms with van der Waals surface area (Å²) in [5.74, 6) is 0.176. The second kappa shape index (κ2) is 4.84. The third-order valence-electron chi connectivity index (χ3n) is 3.38. The van der Waals surface area contributed by atoms with E-state index in [1.54, 1.807) is 24.1 Å². The molecule has 0 aromatic heterocycles. The second-order valence-corrected chi connectivity index (χ2v) is 4.62. The van der Waals surface area contributed by atoms with Gasteiger partial charge in [-0.25, -0.2) is 4.39 Å². The van der Waals surface area contributed by atoms with Crippen molar-refractivity contribution in [1.82, 2.24) is 5.32 Å². The van der Waals surface area contributed by atoms with Crippen molar-refractivity contribution in [2.45, 2.75) is 6.92 Å². The number of halogens is 1. The summed E-state index contributed by atoms with van der Waals surface area (Å²) in [5.41, 5.74) is 0.732. The summed E-state index contributed by atoms with van der Waals surface area (Å²) in [6, 6.07) is 5.99. The van der Waals surface area contributed by atoms with Gasteiger partial charge in [-0.05, 0) is 36.7 Å². The first kappa shape index (κ1) is 12.0. The molecule has 1 fully saturated rings. The van der Waals surface area contributed by atoms with Crippen LogP contribution in [-0.4, -0.2) is 26.0 Å². The van der Waals surface area contributed by atoms with Crippen LogP contribution < -0.4 is 10.2 Å². The third-order valence-corrected chi connectivity index (χ3v) is 3.38. The molecule has 1 aliphatic rings. The lowest BCUT2D eigenvalue weighted by Gasteiger charge is -2.23. The Morgan fingerprint density at radius 2 is 2.00 bits per heavy atom. The van der Waals surface area contributed by atoms with Crippen LogP contribution in [0.25, 0.3) is 0 Å². The molecule has 0 radical (unpaired) electrons. The minimum atomic E-state index is -0.287. The zero-order chi connectivity index (χ0) is 12.4. The minimum absolute atomic E-state index is 0.0186. The molecule has 1 saturated heterocycles. The first-order chi connectivity index (χ1) is 8.09. The van der Waals surface area contributed by atoms with E-state index < -0.39 is 0 Å². The minimum Gasteiger partial charge on any atom is -0.316 e. The number of benzene rings is 1. The molecular formula is C13H17FN2O. The molecule has 0 saturated carbocycles. The molecule has 0 aliphatic carbocycles. The molecule has 1 amide bonds. The quantitative estimate of drug-likeness (QED) is 0.846. The zero-order valence-corrected chi connectivity index (χ0v) is 10.1. The smallest absolute Gasteiger partial charge is 0.231 e. The van der Waals surface area contributed by atoms with Gasteiger partial charge in [-0.1, -0.05) is 6.92 Å². The van der Waals surface area contributed by atoms with Crippen molar-refractivity contribution in [2.24, 2.45) is 11.8 Å². The Bertz CT molecular complexity index is 404. The number of nitrogens with one attached hydrogen (secondary N) is 1. The van der Waals surface area contributed by atoms with Gasteiger partial charge in [0, 0.05) is 19.3 Å². The van der Waals surface area contributed by atoms with Crippen molar-refractivity contribution >= 4 is 11.6 Å². The molecule has 1 N–H and O–H groups in total. The van der Waals surface area contributed by atoms with Gasteiger partial charge in [0.05, 0.1) is 5.92 Å². The molecule has 1 aliphatic heterocycles. The highest BCUT2D eigenvalue weighted by Gasteiger charge is 2.31. The van der Waals surface area contributed by atoms with E-state index in [2.05, 4.69) is 12.2 Å². The molecule has 0 spiro atoms. The zero-order valence-electron chi connectivity index (χ0n) is 10.1. The molecule has 1 aromatic carbocycles. The van der Waals surface area contributed by atoms with Gasteiger partial charge in [0.25, 0.3) is 0 Å². The van der Waals surface area contributed by atoms with Crippen LogP contribution in [0.1, 0.15) is 6.92 Å². The molecule has 92 valence electrons.